The van der Waals surface area contributed by atoms with Gasteiger partial charge in [-0.1, -0.05) is 24.1 Å². The molecule has 7 heteroatoms. The van der Waals surface area contributed by atoms with E-state index in [9.17, 15) is 14.4 Å². The Morgan fingerprint density at radius 3 is 2.25 bits per heavy atom. The van der Waals surface area contributed by atoms with E-state index in [1.54, 1.807) is 0 Å². The maximum absolute atomic E-state index is 11.9. The fourth-order valence-corrected chi connectivity index (χ4v) is 2.36. The van der Waals surface area contributed by atoms with Gasteiger partial charge in [0.25, 0.3) is 0 Å². The molecule has 1 aromatic carbocycles. The number of hydrogen-bond acceptors (Lipinski definition) is 7. The maximum Gasteiger partial charge on any atom is 0.348 e. The Morgan fingerprint density at radius 1 is 1.08 bits per heavy atom. The van der Waals surface area contributed by atoms with E-state index in [2.05, 4.69) is 20.6 Å². The van der Waals surface area contributed by atoms with E-state index in [0.717, 1.165) is 18.9 Å². The van der Waals surface area contributed by atoms with Crippen molar-refractivity contribution in [3.63, 3.8) is 0 Å². The van der Waals surface area contributed by atoms with Crippen LogP contribution in [0, 0.1) is 17.1 Å². The molecule has 0 bridgehead atoms. The van der Waals surface area contributed by atoms with Crippen LogP contribution in [0.4, 0.5) is 0 Å². The van der Waals surface area contributed by atoms with Crippen LogP contribution in [0.1, 0.15) is 13.3 Å². The zero-order valence-corrected chi connectivity index (χ0v) is 14.4. The molecular formula is C17H18O6S. The Morgan fingerprint density at radius 2 is 1.71 bits per heavy atom. The Bertz CT molecular complexity index is 631. The van der Waals surface area contributed by atoms with Crippen molar-refractivity contribution in [3.05, 3.63) is 30.3 Å². The predicted molar refractivity (Wildman–Crippen MR) is 87.8 cm³/mol. The van der Waals surface area contributed by atoms with Gasteiger partial charge in [0.05, 0.1) is 14.2 Å². The highest BCUT2D eigenvalue weighted by molar-refractivity contribution is 8.03. The van der Waals surface area contributed by atoms with Gasteiger partial charge in [0.1, 0.15) is 5.92 Å². The lowest BCUT2D eigenvalue weighted by Crippen LogP contribution is -2.39. The monoisotopic (exact) mass is 350 g/mol. The number of benzene rings is 1. The highest BCUT2D eigenvalue weighted by Crippen LogP contribution is 2.18. The van der Waals surface area contributed by atoms with Crippen LogP contribution in [0.3, 0.4) is 0 Å². The molecular weight excluding hydrogens is 332 g/mol. The zero-order chi connectivity index (χ0) is 17.9. The largest absolute Gasteiger partial charge is 0.469 e. The van der Waals surface area contributed by atoms with Gasteiger partial charge in [-0.05, 0) is 29.1 Å². The molecule has 2 atom stereocenters. The average Bonchev–Trinajstić information content (AvgIpc) is 2.59. The van der Waals surface area contributed by atoms with Crippen LogP contribution in [0.5, 0.6) is 0 Å². The summed E-state index contributed by atoms with van der Waals surface area (Å²) < 4.78 is 14.2. The number of ether oxygens (including phenoxy) is 3. The lowest BCUT2D eigenvalue weighted by atomic mass is 9.99. The Balaban J connectivity index is 2.85. The molecule has 0 heterocycles. The summed E-state index contributed by atoms with van der Waals surface area (Å²) in [7, 11) is 2.33. The molecule has 0 aromatic heterocycles. The third kappa shape index (κ3) is 6.34. The minimum Gasteiger partial charge on any atom is -0.469 e. The molecule has 0 amide bonds. The molecule has 0 aliphatic carbocycles. The van der Waals surface area contributed by atoms with Gasteiger partial charge in [0.15, 0.2) is 0 Å². The molecule has 0 saturated heterocycles. The van der Waals surface area contributed by atoms with Crippen LogP contribution in [0.15, 0.2) is 35.2 Å². The van der Waals surface area contributed by atoms with Crippen molar-refractivity contribution in [1.29, 1.82) is 0 Å². The fourth-order valence-electron chi connectivity index (χ4n) is 1.79. The summed E-state index contributed by atoms with van der Waals surface area (Å²) in [6.07, 6.45) is -1.41. The highest BCUT2D eigenvalue weighted by atomic mass is 32.2. The smallest absolute Gasteiger partial charge is 0.348 e. The third-order valence-electron chi connectivity index (χ3n) is 2.90. The number of methoxy groups -OCH3 is 2. The first-order valence-corrected chi connectivity index (χ1v) is 7.83. The quantitative estimate of drug-likeness (QED) is 0.336. The molecule has 24 heavy (non-hydrogen) atoms. The van der Waals surface area contributed by atoms with Gasteiger partial charge in [0, 0.05) is 18.2 Å². The Hall–Kier alpha value is -2.46. The van der Waals surface area contributed by atoms with E-state index < -0.39 is 29.9 Å². The van der Waals surface area contributed by atoms with Crippen LogP contribution in [0.25, 0.3) is 0 Å². The number of thioether (sulfide) groups is 1. The van der Waals surface area contributed by atoms with Crippen LogP contribution in [-0.2, 0) is 28.6 Å². The number of hydrogen-bond donors (Lipinski definition) is 0. The van der Waals surface area contributed by atoms with Gasteiger partial charge in [0.2, 0.25) is 6.10 Å². The SMILES string of the molecule is COC(=O)[C@@H](OC(C)=O)[C@@H](CC#CSc1ccccc1)C(=O)OC. The highest BCUT2D eigenvalue weighted by Gasteiger charge is 2.37. The fraction of sp³-hybridized carbons (Fsp3) is 0.353. The number of esters is 3. The lowest BCUT2D eigenvalue weighted by molar-refractivity contribution is -0.174. The van der Waals surface area contributed by atoms with E-state index in [1.807, 2.05) is 30.3 Å². The second-order valence-electron chi connectivity index (χ2n) is 4.58. The summed E-state index contributed by atoms with van der Waals surface area (Å²) in [6, 6.07) is 9.45. The molecule has 1 aromatic rings. The molecule has 0 unspecified atom stereocenters. The standard InChI is InChI=1S/C17H18O6S/c1-12(18)23-15(17(20)22-3)14(16(19)21-2)10-7-11-24-13-8-5-4-6-9-13/h4-6,8-9,14-15H,10H2,1-3H3/t14-,15+/m1/s1. The van der Waals surface area contributed by atoms with E-state index in [0.29, 0.717) is 0 Å². The van der Waals surface area contributed by atoms with E-state index in [4.69, 9.17) is 4.74 Å². The van der Waals surface area contributed by atoms with Crippen molar-refractivity contribution >= 4 is 29.7 Å². The van der Waals surface area contributed by atoms with E-state index >= 15 is 0 Å². The molecule has 128 valence electrons. The van der Waals surface area contributed by atoms with E-state index in [1.165, 1.54) is 18.9 Å². The minimum atomic E-state index is -1.39. The third-order valence-corrected chi connectivity index (χ3v) is 3.66. The summed E-state index contributed by atoms with van der Waals surface area (Å²) in [4.78, 5) is 35.9. The molecule has 0 spiro atoms. The second-order valence-corrected chi connectivity index (χ2v) is 5.46. The summed E-state index contributed by atoms with van der Waals surface area (Å²) in [5, 5.41) is 2.84. The topological polar surface area (TPSA) is 78.9 Å². The summed E-state index contributed by atoms with van der Waals surface area (Å²) >= 11 is 1.28. The van der Waals surface area contributed by atoms with Gasteiger partial charge >= 0.3 is 17.9 Å². The first-order chi connectivity index (χ1) is 11.5. The Kier molecular flexibility index (Phi) is 8.44. The van der Waals surface area contributed by atoms with Crippen molar-refractivity contribution in [1.82, 2.24) is 0 Å². The normalized spacial score (nSPS) is 12.1. The van der Waals surface area contributed by atoms with Crippen molar-refractivity contribution in [3.8, 4) is 11.2 Å². The molecule has 0 fully saturated rings. The zero-order valence-electron chi connectivity index (χ0n) is 13.6. The Labute approximate surface area is 144 Å². The minimum absolute atomic E-state index is 0.0143. The number of rotatable bonds is 6. The van der Waals surface area contributed by atoms with Crippen molar-refractivity contribution < 1.29 is 28.6 Å². The number of carbonyl (C=O) groups is 3. The maximum atomic E-state index is 11.9. The van der Waals surface area contributed by atoms with Gasteiger partial charge in [-0.15, -0.1) is 0 Å². The molecule has 0 aliphatic heterocycles. The molecule has 0 radical (unpaired) electrons. The van der Waals surface area contributed by atoms with Crippen LogP contribution in [-0.4, -0.2) is 38.2 Å². The molecule has 6 nitrogen and oxygen atoms in total. The van der Waals surface area contributed by atoms with Crippen molar-refractivity contribution in [2.75, 3.05) is 14.2 Å². The first kappa shape index (κ1) is 19.6. The summed E-state index contributed by atoms with van der Waals surface area (Å²) in [6.45, 7) is 1.14. The summed E-state index contributed by atoms with van der Waals surface area (Å²) in [5.41, 5.74) is 0. The lowest BCUT2D eigenvalue weighted by Gasteiger charge is -2.21. The van der Waals surface area contributed by atoms with Crippen molar-refractivity contribution in [2.45, 2.75) is 24.3 Å². The van der Waals surface area contributed by atoms with Gasteiger partial charge < -0.3 is 14.2 Å². The summed E-state index contributed by atoms with van der Waals surface area (Å²) in [5.74, 6) is -0.506. The number of carbonyl (C=O) groups excluding carboxylic acids is 3. The van der Waals surface area contributed by atoms with Crippen LogP contribution < -0.4 is 0 Å². The van der Waals surface area contributed by atoms with Crippen LogP contribution in [0.2, 0.25) is 0 Å². The van der Waals surface area contributed by atoms with Crippen molar-refractivity contribution in [2.24, 2.45) is 5.92 Å². The molecule has 1 rings (SSSR count). The van der Waals surface area contributed by atoms with E-state index in [-0.39, 0.29) is 6.42 Å². The molecule has 0 aliphatic rings. The van der Waals surface area contributed by atoms with Gasteiger partial charge in [-0.25, -0.2) is 4.79 Å². The van der Waals surface area contributed by atoms with Gasteiger partial charge in [-0.3, -0.25) is 9.59 Å². The molecule has 0 N–H and O–H groups in total. The second kappa shape index (κ2) is 10.3. The predicted octanol–water partition coefficient (Wildman–Crippen LogP) is 2.02. The van der Waals surface area contributed by atoms with Crippen LogP contribution >= 0.6 is 11.8 Å². The first-order valence-electron chi connectivity index (χ1n) is 7.02. The van der Waals surface area contributed by atoms with Gasteiger partial charge in [-0.2, -0.15) is 0 Å². The molecule has 0 saturated carbocycles. The average molecular weight is 350 g/mol.